The number of ether oxygens (including phenoxy) is 1. The van der Waals surface area contributed by atoms with Crippen molar-refractivity contribution in [3.8, 4) is 0 Å². The first-order valence-corrected chi connectivity index (χ1v) is 10.3. The summed E-state index contributed by atoms with van der Waals surface area (Å²) in [4.78, 5) is 43.2. The van der Waals surface area contributed by atoms with E-state index in [9.17, 15) is 14.4 Å². The molecule has 0 aromatic carbocycles. The number of rotatable bonds is 7. The first-order chi connectivity index (χ1) is 13.1. The maximum Gasteiger partial charge on any atom is 0.311 e. The minimum absolute atomic E-state index is 0.0763. The van der Waals surface area contributed by atoms with E-state index in [4.69, 9.17) is 4.74 Å². The van der Waals surface area contributed by atoms with E-state index in [1.54, 1.807) is 12.3 Å². The van der Waals surface area contributed by atoms with Crippen molar-refractivity contribution in [1.29, 1.82) is 0 Å². The van der Waals surface area contributed by atoms with Crippen molar-refractivity contribution in [3.63, 3.8) is 0 Å². The molecule has 3 rings (SSSR count). The first kappa shape index (κ1) is 19.5. The Kier molecular flexibility index (Phi) is 6.54. The lowest BCUT2D eigenvalue weighted by atomic mass is 10.1. The molecule has 10 heteroatoms. The lowest BCUT2D eigenvalue weighted by molar-refractivity contribution is -0.142. The summed E-state index contributed by atoms with van der Waals surface area (Å²) in [5.74, 6) is -0.690. The Morgan fingerprint density at radius 2 is 2.30 bits per heavy atom. The summed E-state index contributed by atoms with van der Waals surface area (Å²) in [6.45, 7) is 3.25. The van der Waals surface area contributed by atoms with Gasteiger partial charge in [0.2, 0.25) is 11.8 Å². The quantitative estimate of drug-likeness (QED) is 0.672. The summed E-state index contributed by atoms with van der Waals surface area (Å²) in [6.07, 6.45) is 0.0763. The number of nitrogens with one attached hydrogen (secondary N) is 2. The number of aromatic nitrogens is 1. The normalized spacial score (nSPS) is 17.4. The number of piperazine rings is 1. The van der Waals surface area contributed by atoms with Crippen LogP contribution in [0.1, 0.15) is 23.5 Å². The van der Waals surface area contributed by atoms with E-state index < -0.39 is 6.04 Å². The van der Waals surface area contributed by atoms with Gasteiger partial charge in [-0.1, -0.05) is 6.07 Å². The SMILES string of the molecule is CCOC(=O)Cc1csc(NC(=O)CN2CCNC(=O)C2c2cccs2)n1. The van der Waals surface area contributed by atoms with Crippen LogP contribution in [0.25, 0.3) is 0 Å². The lowest BCUT2D eigenvalue weighted by Crippen LogP contribution is -2.51. The highest BCUT2D eigenvalue weighted by atomic mass is 32.1. The van der Waals surface area contributed by atoms with Crippen molar-refractivity contribution in [3.05, 3.63) is 33.5 Å². The minimum Gasteiger partial charge on any atom is -0.466 e. The van der Waals surface area contributed by atoms with E-state index in [-0.39, 0.29) is 30.7 Å². The first-order valence-electron chi connectivity index (χ1n) is 8.52. The molecule has 2 amide bonds. The van der Waals surface area contributed by atoms with Gasteiger partial charge in [0.15, 0.2) is 5.13 Å². The Morgan fingerprint density at radius 3 is 3.04 bits per heavy atom. The largest absolute Gasteiger partial charge is 0.466 e. The molecule has 1 fully saturated rings. The van der Waals surface area contributed by atoms with Gasteiger partial charge in [0.25, 0.3) is 0 Å². The van der Waals surface area contributed by atoms with E-state index in [1.165, 1.54) is 22.7 Å². The second-order valence-electron chi connectivity index (χ2n) is 5.85. The molecule has 0 saturated carbocycles. The Hall–Kier alpha value is -2.30. The van der Waals surface area contributed by atoms with Gasteiger partial charge in [-0.05, 0) is 18.4 Å². The third-order valence-electron chi connectivity index (χ3n) is 3.90. The molecule has 1 unspecified atom stereocenters. The van der Waals surface area contributed by atoms with Gasteiger partial charge in [-0.2, -0.15) is 0 Å². The number of nitrogens with zero attached hydrogens (tertiary/aromatic N) is 2. The average Bonchev–Trinajstić information content (AvgIpc) is 3.27. The van der Waals surface area contributed by atoms with Crippen molar-refractivity contribution in [2.45, 2.75) is 19.4 Å². The summed E-state index contributed by atoms with van der Waals surface area (Å²) in [7, 11) is 0. The number of carbonyl (C=O) groups is 3. The van der Waals surface area contributed by atoms with Crippen LogP contribution in [-0.2, 0) is 25.5 Å². The summed E-state index contributed by atoms with van der Waals surface area (Å²) >= 11 is 2.75. The molecule has 1 aliphatic heterocycles. The van der Waals surface area contributed by atoms with Gasteiger partial charge in [-0.25, -0.2) is 4.98 Å². The fourth-order valence-electron chi connectivity index (χ4n) is 2.79. The number of esters is 1. The van der Waals surface area contributed by atoms with Crippen LogP contribution in [0, 0.1) is 0 Å². The number of hydrogen-bond donors (Lipinski definition) is 2. The fourth-order valence-corrected chi connectivity index (χ4v) is 4.37. The zero-order chi connectivity index (χ0) is 19.2. The highest BCUT2D eigenvalue weighted by Gasteiger charge is 2.33. The molecule has 8 nitrogen and oxygen atoms in total. The van der Waals surface area contributed by atoms with E-state index in [0.29, 0.717) is 30.5 Å². The summed E-state index contributed by atoms with van der Waals surface area (Å²) in [6, 6.07) is 3.33. The van der Waals surface area contributed by atoms with Crippen LogP contribution in [0.3, 0.4) is 0 Å². The maximum absolute atomic E-state index is 12.4. The van der Waals surface area contributed by atoms with E-state index in [2.05, 4.69) is 15.6 Å². The molecule has 2 aromatic rings. The number of thiazole rings is 1. The Labute approximate surface area is 164 Å². The second-order valence-corrected chi connectivity index (χ2v) is 7.69. The van der Waals surface area contributed by atoms with Gasteiger partial charge in [0.05, 0.1) is 25.3 Å². The molecule has 0 bridgehead atoms. The van der Waals surface area contributed by atoms with Gasteiger partial charge in [-0.3, -0.25) is 19.3 Å². The van der Waals surface area contributed by atoms with Gasteiger partial charge < -0.3 is 15.4 Å². The number of hydrogen-bond acceptors (Lipinski definition) is 8. The van der Waals surface area contributed by atoms with Crippen LogP contribution >= 0.6 is 22.7 Å². The standard InChI is InChI=1S/C17H20N4O4S2/c1-2-25-14(23)8-11-10-27-17(19-11)20-13(22)9-21-6-5-18-16(24)15(21)12-4-3-7-26-12/h3-4,7,10,15H,2,5-6,8-9H2,1H3,(H,18,24)(H,19,20,22). The van der Waals surface area contributed by atoms with Crippen LogP contribution in [0.15, 0.2) is 22.9 Å². The zero-order valence-electron chi connectivity index (χ0n) is 14.8. The predicted octanol–water partition coefficient (Wildman–Crippen LogP) is 1.42. The molecule has 0 spiro atoms. The summed E-state index contributed by atoms with van der Waals surface area (Å²) in [5, 5.41) is 9.64. The zero-order valence-corrected chi connectivity index (χ0v) is 16.4. The van der Waals surface area contributed by atoms with Crippen LogP contribution in [-0.4, -0.2) is 53.9 Å². The highest BCUT2D eigenvalue weighted by molar-refractivity contribution is 7.14. The predicted molar refractivity (Wildman–Crippen MR) is 103 cm³/mol. The fraction of sp³-hybridized carbons (Fsp3) is 0.412. The van der Waals surface area contributed by atoms with Crippen LogP contribution < -0.4 is 10.6 Å². The molecule has 27 heavy (non-hydrogen) atoms. The molecule has 144 valence electrons. The molecule has 1 saturated heterocycles. The number of anilines is 1. The molecule has 0 radical (unpaired) electrons. The highest BCUT2D eigenvalue weighted by Crippen LogP contribution is 2.27. The maximum atomic E-state index is 12.4. The topological polar surface area (TPSA) is 101 Å². The van der Waals surface area contributed by atoms with Gasteiger partial charge in [0, 0.05) is 23.3 Å². The third-order valence-corrected chi connectivity index (χ3v) is 5.63. The molecule has 1 aliphatic rings. The lowest BCUT2D eigenvalue weighted by Gasteiger charge is -2.33. The van der Waals surface area contributed by atoms with Crippen LogP contribution in [0.4, 0.5) is 5.13 Å². The van der Waals surface area contributed by atoms with Crippen LogP contribution in [0.5, 0.6) is 0 Å². The Balaban J connectivity index is 1.59. The van der Waals surface area contributed by atoms with E-state index in [1.807, 2.05) is 22.4 Å². The number of amides is 2. The van der Waals surface area contributed by atoms with Gasteiger partial charge in [-0.15, -0.1) is 22.7 Å². The Bertz CT molecular complexity index is 806. The van der Waals surface area contributed by atoms with Crippen molar-refractivity contribution < 1.29 is 19.1 Å². The molecule has 1 atom stereocenters. The second kappa shape index (κ2) is 9.07. The van der Waals surface area contributed by atoms with E-state index in [0.717, 1.165) is 4.88 Å². The van der Waals surface area contributed by atoms with Crippen molar-refractivity contribution in [2.75, 3.05) is 31.6 Å². The third kappa shape index (κ3) is 5.12. The Morgan fingerprint density at radius 1 is 1.44 bits per heavy atom. The van der Waals surface area contributed by atoms with Gasteiger partial charge in [0.1, 0.15) is 6.04 Å². The molecule has 2 N–H and O–H groups in total. The number of thiophene rings is 1. The van der Waals surface area contributed by atoms with Gasteiger partial charge >= 0.3 is 5.97 Å². The molecule has 2 aromatic heterocycles. The minimum atomic E-state index is -0.458. The molecule has 0 aliphatic carbocycles. The molecular weight excluding hydrogens is 388 g/mol. The summed E-state index contributed by atoms with van der Waals surface area (Å²) in [5.41, 5.74) is 0.558. The number of carbonyl (C=O) groups excluding carboxylic acids is 3. The summed E-state index contributed by atoms with van der Waals surface area (Å²) < 4.78 is 4.89. The monoisotopic (exact) mass is 408 g/mol. The van der Waals surface area contributed by atoms with Crippen molar-refractivity contribution in [1.82, 2.24) is 15.2 Å². The average molecular weight is 409 g/mol. The molecule has 3 heterocycles. The van der Waals surface area contributed by atoms with E-state index >= 15 is 0 Å². The van der Waals surface area contributed by atoms with Crippen molar-refractivity contribution in [2.24, 2.45) is 0 Å². The van der Waals surface area contributed by atoms with Crippen molar-refractivity contribution >= 4 is 45.6 Å². The van der Waals surface area contributed by atoms with Crippen LogP contribution in [0.2, 0.25) is 0 Å². The smallest absolute Gasteiger partial charge is 0.311 e. The molecular formula is C17H20N4O4S2.